The first kappa shape index (κ1) is 18.4. The van der Waals surface area contributed by atoms with Crippen LogP contribution in [0.4, 0.5) is 10.7 Å². The average molecular weight is 391 g/mol. The summed E-state index contributed by atoms with van der Waals surface area (Å²) >= 11 is 1.62. The number of carbonyl (C=O) groups excluding carboxylic acids is 1. The first-order valence-corrected chi connectivity index (χ1v) is 10.2. The number of fused-ring (bicyclic) bond motifs is 1. The Morgan fingerprint density at radius 3 is 2.89 bits per heavy atom. The van der Waals surface area contributed by atoms with Gasteiger partial charge in [-0.15, -0.1) is 11.3 Å². The minimum absolute atomic E-state index is 0.131. The fourth-order valence-corrected chi connectivity index (χ4v) is 4.56. The van der Waals surface area contributed by atoms with Gasteiger partial charge in [-0.05, 0) is 61.6 Å². The molecule has 0 fully saturated rings. The van der Waals surface area contributed by atoms with Gasteiger partial charge in [-0.25, -0.2) is 4.99 Å². The SMILES string of the molecule is CCOc1ccccc1NC(=O)c1c(/N=C/c2ccncc2)sc2c1CCC2. The Labute approximate surface area is 168 Å². The number of hydrogen-bond donors (Lipinski definition) is 1. The van der Waals surface area contributed by atoms with Crippen molar-refractivity contribution in [3.05, 3.63) is 70.4 Å². The minimum Gasteiger partial charge on any atom is -0.492 e. The molecule has 1 N–H and O–H groups in total. The van der Waals surface area contributed by atoms with E-state index >= 15 is 0 Å². The van der Waals surface area contributed by atoms with E-state index in [1.165, 1.54) is 4.88 Å². The van der Waals surface area contributed by atoms with Crippen molar-refractivity contribution >= 4 is 34.1 Å². The topological polar surface area (TPSA) is 63.6 Å². The average Bonchev–Trinajstić information content (AvgIpc) is 3.29. The van der Waals surface area contributed by atoms with Crippen molar-refractivity contribution in [1.29, 1.82) is 0 Å². The number of nitrogens with one attached hydrogen (secondary N) is 1. The lowest BCUT2D eigenvalue weighted by Gasteiger charge is -2.11. The highest BCUT2D eigenvalue weighted by Crippen LogP contribution is 2.41. The molecule has 6 heteroatoms. The van der Waals surface area contributed by atoms with E-state index in [0.29, 0.717) is 23.6 Å². The number of aryl methyl sites for hydroxylation is 1. The molecule has 0 spiro atoms. The third kappa shape index (κ3) is 3.82. The fraction of sp³-hybridized carbons (Fsp3) is 0.227. The summed E-state index contributed by atoms with van der Waals surface area (Å²) in [5.74, 6) is 0.542. The Bertz CT molecular complexity index is 1010. The molecular weight excluding hydrogens is 370 g/mol. The van der Waals surface area contributed by atoms with Crippen LogP contribution in [-0.2, 0) is 12.8 Å². The molecule has 28 heavy (non-hydrogen) atoms. The molecule has 2 aromatic heterocycles. The highest BCUT2D eigenvalue weighted by Gasteiger charge is 2.26. The molecule has 0 bridgehead atoms. The van der Waals surface area contributed by atoms with Gasteiger partial charge >= 0.3 is 0 Å². The summed E-state index contributed by atoms with van der Waals surface area (Å²) in [6.45, 7) is 2.47. The van der Waals surface area contributed by atoms with E-state index in [1.807, 2.05) is 43.3 Å². The molecule has 5 nitrogen and oxygen atoms in total. The molecule has 1 aromatic carbocycles. The van der Waals surface area contributed by atoms with Crippen LogP contribution in [0.3, 0.4) is 0 Å². The van der Waals surface area contributed by atoms with E-state index in [2.05, 4.69) is 15.3 Å². The second-order valence-electron chi connectivity index (χ2n) is 6.46. The zero-order chi connectivity index (χ0) is 19.3. The van der Waals surface area contributed by atoms with Crippen LogP contribution in [-0.4, -0.2) is 23.7 Å². The molecule has 2 heterocycles. The number of carbonyl (C=O) groups is 1. The maximum absolute atomic E-state index is 13.2. The van der Waals surface area contributed by atoms with Gasteiger partial charge in [0.1, 0.15) is 10.8 Å². The van der Waals surface area contributed by atoms with Gasteiger partial charge in [0.25, 0.3) is 5.91 Å². The maximum atomic E-state index is 13.2. The van der Waals surface area contributed by atoms with Crippen molar-refractivity contribution in [2.24, 2.45) is 4.99 Å². The molecule has 3 aromatic rings. The number of rotatable bonds is 6. The number of pyridine rings is 1. The molecule has 0 radical (unpaired) electrons. The van der Waals surface area contributed by atoms with Crippen LogP contribution >= 0.6 is 11.3 Å². The smallest absolute Gasteiger partial charge is 0.259 e. The Balaban J connectivity index is 1.65. The van der Waals surface area contributed by atoms with E-state index in [0.717, 1.165) is 35.4 Å². The Morgan fingerprint density at radius 2 is 2.07 bits per heavy atom. The Kier molecular flexibility index (Phi) is 5.48. The number of aromatic nitrogens is 1. The molecule has 1 aliphatic carbocycles. The second kappa shape index (κ2) is 8.35. The van der Waals surface area contributed by atoms with Crippen molar-refractivity contribution in [2.45, 2.75) is 26.2 Å². The summed E-state index contributed by atoms with van der Waals surface area (Å²) in [6.07, 6.45) is 8.27. The first-order valence-electron chi connectivity index (χ1n) is 9.38. The third-order valence-corrected chi connectivity index (χ3v) is 5.80. The second-order valence-corrected chi connectivity index (χ2v) is 7.54. The van der Waals surface area contributed by atoms with Crippen LogP contribution in [0.25, 0.3) is 0 Å². The molecule has 0 atom stereocenters. The Morgan fingerprint density at radius 1 is 1.25 bits per heavy atom. The highest BCUT2D eigenvalue weighted by atomic mass is 32.1. The van der Waals surface area contributed by atoms with E-state index in [1.54, 1.807) is 29.9 Å². The molecule has 4 rings (SSSR count). The molecule has 1 aliphatic rings. The molecule has 0 saturated carbocycles. The van der Waals surface area contributed by atoms with Crippen molar-refractivity contribution in [3.8, 4) is 5.75 Å². The Hall–Kier alpha value is -2.99. The first-order chi connectivity index (χ1) is 13.8. The summed E-state index contributed by atoms with van der Waals surface area (Å²) in [7, 11) is 0. The standard InChI is InChI=1S/C22H21N3O2S/c1-2-27-18-8-4-3-7-17(18)25-21(26)20-16-6-5-9-19(16)28-22(20)24-14-15-10-12-23-13-11-15/h3-4,7-8,10-14H,2,5-6,9H2,1H3,(H,25,26)/b24-14+. The van der Waals surface area contributed by atoms with Gasteiger partial charge in [-0.2, -0.15) is 0 Å². The summed E-state index contributed by atoms with van der Waals surface area (Å²) in [5.41, 5.74) is 3.46. The van der Waals surface area contributed by atoms with Crippen molar-refractivity contribution < 1.29 is 9.53 Å². The highest BCUT2D eigenvalue weighted by molar-refractivity contribution is 7.16. The quantitative estimate of drug-likeness (QED) is 0.599. The summed E-state index contributed by atoms with van der Waals surface area (Å²) in [6, 6.07) is 11.3. The van der Waals surface area contributed by atoms with Crippen LogP contribution in [0.5, 0.6) is 5.75 Å². The van der Waals surface area contributed by atoms with Crippen molar-refractivity contribution in [2.75, 3.05) is 11.9 Å². The molecule has 0 saturated heterocycles. The third-order valence-electron chi connectivity index (χ3n) is 4.60. The van der Waals surface area contributed by atoms with Gasteiger partial charge in [-0.1, -0.05) is 12.1 Å². The van der Waals surface area contributed by atoms with Crippen LogP contribution in [0.1, 0.15) is 39.7 Å². The van der Waals surface area contributed by atoms with Gasteiger partial charge < -0.3 is 10.1 Å². The lowest BCUT2D eigenvalue weighted by atomic mass is 10.1. The molecular formula is C22H21N3O2S. The lowest BCUT2D eigenvalue weighted by molar-refractivity contribution is 0.102. The van der Waals surface area contributed by atoms with Gasteiger partial charge in [0.05, 0.1) is 17.9 Å². The number of nitrogens with zero attached hydrogens (tertiary/aromatic N) is 2. The fourth-order valence-electron chi connectivity index (χ4n) is 3.33. The largest absolute Gasteiger partial charge is 0.492 e. The van der Waals surface area contributed by atoms with Crippen LogP contribution < -0.4 is 10.1 Å². The minimum atomic E-state index is -0.131. The molecule has 142 valence electrons. The van der Waals surface area contributed by atoms with E-state index in [-0.39, 0.29) is 5.91 Å². The van der Waals surface area contributed by atoms with Gasteiger partial charge in [0, 0.05) is 23.5 Å². The lowest BCUT2D eigenvalue weighted by Crippen LogP contribution is -2.14. The summed E-state index contributed by atoms with van der Waals surface area (Å²) < 4.78 is 5.64. The summed E-state index contributed by atoms with van der Waals surface area (Å²) in [5, 5.41) is 3.78. The zero-order valence-corrected chi connectivity index (χ0v) is 16.5. The van der Waals surface area contributed by atoms with E-state index in [9.17, 15) is 4.79 Å². The van der Waals surface area contributed by atoms with Crippen molar-refractivity contribution in [3.63, 3.8) is 0 Å². The number of anilines is 1. The zero-order valence-electron chi connectivity index (χ0n) is 15.6. The van der Waals surface area contributed by atoms with Crippen molar-refractivity contribution in [1.82, 2.24) is 4.98 Å². The van der Waals surface area contributed by atoms with Gasteiger partial charge in [-0.3, -0.25) is 9.78 Å². The predicted molar refractivity (Wildman–Crippen MR) is 113 cm³/mol. The normalized spacial score (nSPS) is 12.9. The number of ether oxygens (including phenoxy) is 1. The van der Waals surface area contributed by atoms with E-state index < -0.39 is 0 Å². The van der Waals surface area contributed by atoms with Crippen LogP contribution in [0.15, 0.2) is 53.8 Å². The number of amides is 1. The number of aliphatic imine (C=N–C) groups is 1. The monoisotopic (exact) mass is 391 g/mol. The molecule has 0 aliphatic heterocycles. The predicted octanol–water partition coefficient (Wildman–Crippen LogP) is 5.03. The maximum Gasteiger partial charge on any atom is 0.259 e. The molecule has 0 unspecified atom stereocenters. The van der Waals surface area contributed by atoms with E-state index in [4.69, 9.17) is 4.74 Å². The van der Waals surface area contributed by atoms with Crippen LogP contribution in [0, 0.1) is 0 Å². The van der Waals surface area contributed by atoms with Gasteiger partial charge in [0.2, 0.25) is 0 Å². The van der Waals surface area contributed by atoms with Gasteiger partial charge in [0.15, 0.2) is 0 Å². The van der Waals surface area contributed by atoms with Crippen LogP contribution in [0.2, 0.25) is 0 Å². The summed E-state index contributed by atoms with van der Waals surface area (Å²) in [4.78, 5) is 23.1. The number of thiophene rings is 1. The number of hydrogen-bond acceptors (Lipinski definition) is 5. The number of para-hydroxylation sites is 2. The molecule has 1 amide bonds. The number of benzene rings is 1.